The Hall–Kier alpha value is -3.29. The fraction of sp³-hybridized carbons (Fsp3) is 0.480. The van der Waals surface area contributed by atoms with Gasteiger partial charge in [0.1, 0.15) is 5.82 Å². The van der Waals surface area contributed by atoms with E-state index in [1.165, 1.54) is 0 Å². The SMILES string of the molecule is CN1C(=O)c2ccccc2N(C)c2cc(NC3CCC(NC(=O)N4CCCC4)CC3)ncc21. The molecule has 33 heavy (non-hydrogen) atoms. The lowest BCUT2D eigenvalue weighted by molar-refractivity contribution is 0.0994. The molecule has 1 saturated heterocycles. The first kappa shape index (κ1) is 21.6. The molecule has 5 rings (SSSR count). The Bertz CT molecular complexity index is 1040. The van der Waals surface area contributed by atoms with Crippen molar-refractivity contribution >= 4 is 34.8 Å². The van der Waals surface area contributed by atoms with Crippen LogP contribution in [0.5, 0.6) is 0 Å². The summed E-state index contributed by atoms with van der Waals surface area (Å²) in [5, 5.41) is 6.80. The summed E-state index contributed by atoms with van der Waals surface area (Å²) in [6, 6.07) is 10.4. The minimum absolute atomic E-state index is 0.0343. The molecule has 2 N–H and O–H groups in total. The predicted molar refractivity (Wildman–Crippen MR) is 130 cm³/mol. The minimum atomic E-state index is -0.0343. The molecule has 3 heterocycles. The molecule has 3 amide bonds. The molecule has 174 valence electrons. The van der Waals surface area contributed by atoms with E-state index >= 15 is 0 Å². The van der Waals surface area contributed by atoms with Gasteiger partial charge in [0.2, 0.25) is 0 Å². The number of fused-ring (bicyclic) bond motifs is 2. The summed E-state index contributed by atoms with van der Waals surface area (Å²) < 4.78 is 0. The summed E-state index contributed by atoms with van der Waals surface area (Å²) in [5.74, 6) is 0.776. The van der Waals surface area contributed by atoms with Crippen LogP contribution < -0.4 is 20.4 Å². The van der Waals surface area contributed by atoms with Crippen LogP contribution in [-0.4, -0.2) is 61.1 Å². The molecule has 0 atom stereocenters. The van der Waals surface area contributed by atoms with Crippen LogP contribution in [0.1, 0.15) is 48.9 Å². The Balaban J connectivity index is 1.25. The summed E-state index contributed by atoms with van der Waals surface area (Å²) in [6.45, 7) is 1.76. The first-order valence-corrected chi connectivity index (χ1v) is 11.9. The number of urea groups is 1. The molecular weight excluding hydrogens is 416 g/mol. The molecule has 2 aliphatic heterocycles. The smallest absolute Gasteiger partial charge is 0.317 e. The van der Waals surface area contributed by atoms with E-state index in [1.807, 2.05) is 42.3 Å². The van der Waals surface area contributed by atoms with E-state index < -0.39 is 0 Å². The van der Waals surface area contributed by atoms with Crippen molar-refractivity contribution in [3.05, 3.63) is 42.1 Å². The van der Waals surface area contributed by atoms with Crippen LogP contribution in [0.2, 0.25) is 0 Å². The number of anilines is 4. The number of carbonyl (C=O) groups is 2. The molecule has 3 aliphatic rings. The van der Waals surface area contributed by atoms with Gasteiger partial charge in [0, 0.05) is 45.3 Å². The highest BCUT2D eigenvalue weighted by molar-refractivity contribution is 6.13. The van der Waals surface area contributed by atoms with E-state index in [9.17, 15) is 9.59 Å². The van der Waals surface area contributed by atoms with Crippen molar-refractivity contribution in [2.45, 2.75) is 50.6 Å². The number of rotatable bonds is 3. The summed E-state index contributed by atoms with van der Waals surface area (Å²) in [6.07, 6.45) is 7.91. The van der Waals surface area contributed by atoms with E-state index in [-0.39, 0.29) is 18.0 Å². The zero-order chi connectivity index (χ0) is 22.9. The van der Waals surface area contributed by atoms with Crippen molar-refractivity contribution in [1.82, 2.24) is 15.2 Å². The average molecular weight is 449 g/mol. The first-order chi connectivity index (χ1) is 16.0. The highest BCUT2D eigenvalue weighted by Gasteiger charge is 2.29. The summed E-state index contributed by atoms with van der Waals surface area (Å²) >= 11 is 0. The molecular formula is C25H32N6O2. The lowest BCUT2D eigenvalue weighted by Crippen LogP contribution is -2.46. The molecule has 2 aromatic rings. The number of nitrogens with one attached hydrogen (secondary N) is 2. The molecule has 1 saturated carbocycles. The fourth-order valence-corrected chi connectivity index (χ4v) is 5.19. The number of hydrogen-bond acceptors (Lipinski definition) is 5. The Morgan fingerprint density at radius 3 is 2.39 bits per heavy atom. The van der Waals surface area contributed by atoms with Gasteiger partial charge in [-0.15, -0.1) is 0 Å². The number of hydrogen-bond donors (Lipinski definition) is 2. The summed E-state index contributed by atoms with van der Waals surface area (Å²) in [7, 11) is 3.78. The monoisotopic (exact) mass is 448 g/mol. The third-order valence-corrected chi connectivity index (χ3v) is 7.19. The summed E-state index contributed by atoms with van der Waals surface area (Å²) in [5.41, 5.74) is 3.31. The fourth-order valence-electron chi connectivity index (χ4n) is 5.19. The van der Waals surface area contributed by atoms with Gasteiger partial charge in [-0.3, -0.25) is 4.79 Å². The maximum Gasteiger partial charge on any atom is 0.317 e. The minimum Gasteiger partial charge on any atom is -0.367 e. The number of carbonyl (C=O) groups excluding carboxylic acids is 2. The predicted octanol–water partition coefficient (Wildman–Crippen LogP) is 3.97. The second-order valence-electron chi connectivity index (χ2n) is 9.34. The van der Waals surface area contributed by atoms with Gasteiger partial charge in [0.15, 0.2) is 0 Å². The number of benzene rings is 1. The zero-order valence-electron chi connectivity index (χ0n) is 19.4. The van der Waals surface area contributed by atoms with Gasteiger partial charge in [-0.05, 0) is 50.7 Å². The number of pyridine rings is 1. The quantitative estimate of drug-likeness (QED) is 0.743. The van der Waals surface area contributed by atoms with Crippen molar-refractivity contribution in [3.8, 4) is 0 Å². The van der Waals surface area contributed by atoms with Crippen molar-refractivity contribution in [2.24, 2.45) is 0 Å². The van der Waals surface area contributed by atoms with Crippen molar-refractivity contribution < 1.29 is 9.59 Å². The molecule has 1 aliphatic carbocycles. The van der Waals surface area contributed by atoms with E-state index in [1.54, 1.807) is 18.1 Å². The van der Waals surface area contributed by atoms with Crippen LogP contribution in [0.15, 0.2) is 36.5 Å². The standard InChI is InChI=1S/C25H32N6O2/c1-29-20-8-4-3-7-19(20)24(32)30(2)22-16-26-23(15-21(22)29)27-17-9-11-18(12-10-17)28-25(33)31-13-5-6-14-31/h3-4,7-8,15-18H,5-6,9-14H2,1-2H3,(H,26,27)(H,28,33). The lowest BCUT2D eigenvalue weighted by atomic mass is 9.91. The van der Waals surface area contributed by atoms with Gasteiger partial charge in [0.05, 0.1) is 28.8 Å². The average Bonchev–Trinajstić information content (AvgIpc) is 3.37. The van der Waals surface area contributed by atoms with Gasteiger partial charge < -0.3 is 25.3 Å². The first-order valence-electron chi connectivity index (χ1n) is 11.9. The molecule has 8 heteroatoms. The molecule has 0 spiro atoms. The highest BCUT2D eigenvalue weighted by atomic mass is 16.2. The van der Waals surface area contributed by atoms with Crippen LogP contribution in [0.25, 0.3) is 0 Å². The third kappa shape index (κ3) is 4.21. The number of nitrogens with zero attached hydrogens (tertiary/aromatic N) is 4. The Morgan fingerprint density at radius 2 is 1.64 bits per heavy atom. The second kappa shape index (κ2) is 8.92. The molecule has 8 nitrogen and oxygen atoms in total. The van der Waals surface area contributed by atoms with Gasteiger partial charge >= 0.3 is 6.03 Å². The van der Waals surface area contributed by atoms with Crippen LogP contribution in [0.3, 0.4) is 0 Å². The topological polar surface area (TPSA) is 80.8 Å². The number of aromatic nitrogens is 1. The third-order valence-electron chi connectivity index (χ3n) is 7.19. The number of para-hydroxylation sites is 1. The van der Waals surface area contributed by atoms with Crippen molar-refractivity contribution in [1.29, 1.82) is 0 Å². The van der Waals surface area contributed by atoms with E-state index in [4.69, 9.17) is 0 Å². The van der Waals surface area contributed by atoms with Crippen LogP contribution >= 0.6 is 0 Å². The van der Waals surface area contributed by atoms with E-state index in [0.29, 0.717) is 11.6 Å². The van der Waals surface area contributed by atoms with E-state index in [0.717, 1.165) is 74.5 Å². The second-order valence-corrected chi connectivity index (χ2v) is 9.34. The van der Waals surface area contributed by atoms with Crippen molar-refractivity contribution in [3.63, 3.8) is 0 Å². The zero-order valence-corrected chi connectivity index (χ0v) is 19.4. The largest absolute Gasteiger partial charge is 0.367 e. The molecule has 0 bridgehead atoms. The van der Waals surface area contributed by atoms with Crippen LogP contribution in [0, 0.1) is 0 Å². The Kier molecular flexibility index (Phi) is 5.83. The Labute approximate surface area is 195 Å². The molecule has 0 radical (unpaired) electrons. The number of likely N-dealkylation sites (tertiary alicyclic amines) is 1. The molecule has 2 fully saturated rings. The molecule has 1 aromatic heterocycles. The highest BCUT2D eigenvalue weighted by Crippen LogP contribution is 2.40. The van der Waals surface area contributed by atoms with Crippen molar-refractivity contribution in [2.75, 3.05) is 42.3 Å². The molecule has 0 unspecified atom stereocenters. The van der Waals surface area contributed by atoms with Gasteiger partial charge in [-0.25, -0.2) is 9.78 Å². The maximum absolute atomic E-state index is 13.0. The number of amides is 3. The van der Waals surface area contributed by atoms with Gasteiger partial charge in [-0.2, -0.15) is 0 Å². The normalized spacial score (nSPS) is 22.5. The molecule has 1 aromatic carbocycles. The van der Waals surface area contributed by atoms with E-state index in [2.05, 4.69) is 20.5 Å². The summed E-state index contributed by atoms with van der Waals surface area (Å²) in [4.78, 5) is 35.6. The van der Waals surface area contributed by atoms with Gasteiger partial charge in [0.25, 0.3) is 5.91 Å². The Morgan fingerprint density at radius 1 is 0.939 bits per heavy atom. The van der Waals surface area contributed by atoms with Crippen LogP contribution in [-0.2, 0) is 0 Å². The van der Waals surface area contributed by atoms with Gasteiger partial charge in [-0.1, -0.05) is 12.1 Å². The maximum atomic E-state index is 13.0. The van der Waals surface area contributed by atoms with Crippen LogP contribution in [0.4, 0.5) is 27.7 Å². The lowest BCUT2D eigenvalue weighted by Gasteiger charge is -2.31.